The van der Waals surface area contributed by atoms with Gasteiger partial charge in [0.25, 0.3) is 0 Å². The molecule has 0 bridgehead atoms. The molecule has 0 unspecified atom stereocenters. The van der Waals surface area contributed by atoms with Gasteiger partial charge in [-0.2, -0.15) is 0 Å². The average molecular weight is 389 g/mol. The number of piperidine rings is 2. The maximum Gasteiger partial charge on any atom is 0.0603 e. The van der Waals surface area contributed by atoms with E-state index in [1.165, 1.54) is 58.4 Å². The van der Waals surface area contributed by atoms with E-state index in [1.807, 2.05) is 0 Å². The SMILES string of the molecule is CC(C)(C)C#CC1CC(OC2CCN(CC3CCN(C(C)(C)C)CC3)CC2)C1. The van der Waals surface area contributed by atoms with Crippen molar-refractivity contribution in [2.24, 2.45) is 17.3 Å². The molecule has 1 saturated carbocycles. The summed E-state index contributed by atoms with van der Waals surface area (Å²) in [7, 11) is 0. The van der Waals surface area contributed by atoms with Gasteiger partial charge in [0.1, 0.15) is 0 Å². The number of hydrogen-bond acceptors (Lipinski definition) is 3. The number of ether oxygens (including phenoxy) is 1. The summed E-state index contributed by atoms with van der Waals surface area (Å²) in [5.74, 6) is 8.30. The lowest BCUT2D eigenvalue weighted by molar-refractivity contribution is -0.0860. The van der Waals surface area contributed by atoms with Crippen LogP contribution in [0.5, 0.6) is 0 Å². The lowest BCUT2D eigenvalue weighted by atomic mass is 9.81. The third kappa shape index (κ3) is 6.75. The molecule has 0 aromatic carbocycles. The van der Waals surface area contributed by atoms with Gasteiger partial charge in [-0.25, -0.2) is 0 Å². The molecule has 3 aliphatic rings. The van der Waals surface area contributed by atoms with Crippen LogP contribution in [-0.4, -0.2) is 60.3 Å². The first-order valence-corrected chi connectivity index (χ1v) is 11.7. The smallest absolute Gasteiger partial charge is 0.0603 e. The molecule has 3 rings (SSSR count). The van der Waals surface area contributed by atoms with Crippen molar-refractivity contribution in [3.63, 3.8) is 0 Å². The Kier molecular flexibility index (Phi) is 7.17. The van der Waals surface area contributed by atoms with Gasteiger partial charge in [-0.3, -0.25) is 4.90 Å². The Labute approximate surface area is 174 Å². The van der Waals surface area contributed by atoms with Crippen LogP contribution in [0.4, 0.5) is 0 Å². The zero-order chi connectivity index (χ0) is 20.4. The van der Waals surface area contributed by atoms with Crippen molar-refractivity contribution >= 4 is 0 Å². The molecule has 0 spiro atoms. The van der Waals surface area contributed by atoms with Gasteiger partial charge in [0.15, 0.2) is 0 Å². The molecular formula is C25H44N2O. The molecule has 2 heterocycles. The summed E-state index contributed by atoms with van der Waals surface area (Å²) in [5, 5.41) is 0. The Morgan fingerprint density at radius 2 is 1.43 bits per heavy atom. The van der Waals surface area contributed by atoms with E-state index < -0.39 is 0 Å². The summed E-state index contributed by atoms with van der Waals surface area (Å²) in [5.41, 5.74) is 0.460. The molecule has 0 aromatic rings. The van der Waals surface area contributed by atoms with Crippen LogP contribution < -0.4 is 0 Å². The highest BCUT2D eigenvalue weighted by atomic mass is 16.5. The minimum atomic E-state index is 0.127. The van der Waals surface area contributed by atoms with Gasteiger partial charge >= 0.3 is 0 Å². The van der Waals surface area contributed by atoms with Crippen molar-refractivity contribution in [2.45, 2.75) is 97.8 Å². The van der Waals surface area contributed by atoms with Gasteiger partial charge < -0.3 is 9.64 Å². The van der Waals surface area contributed by atoms with Crippen molar-refractivity contribution in [1.29, 1.82) is 0 Å². The molecule has 2 saturated heterocycles. The van der Waals surface area contributed by atoms with Crippen LogP contribution in [0.2, 0.25) is 0 Å². The molecule has 160 valence electrons. The monoisotopic (exact) mass is 388 g/mol. The van der Waals surface area contributed by atoms with E-state index in [0.717, 1.165) is 18.8 Å². The predicted molar refractivity (Wildman–Crippen MR) is 118 cm³/mol. The normalized spacial score (nSPS) is 29.2. The second-order valence-electron chi connectivity index (χ2n) is 11.5. The van der Waals surface area contributed by atoms with Crippen LogP contribution in [0.25, 0.3) is 0 Å². The molecule has 3 fully saturated rings. The Morgan fingerprint density at radius 3 is 1.96 bits per heavy atom. The third-order valence-electron chi connectivity index (χ3n) is 6.75. The van der Waals surface area contributed by atoms with Crippen LogP contribution >= 0.6 is 0 Å². The van der Waals surface area contributed by atoms with Gasteiger partial charge in [0.2, 0.25) is 0 Å². The van der Waals surface area contributed by atoms with E-state index >= 15 is 0 Å². The fourth-order valence-corrected chi connectivity index (χ4v) is 4.76. The molecule has 28 heavy (non-hydrogen) atoms. The average Bonchev–Trinajstić information content (AvgIpc) is 2.57. The summed E-state index contributed by atoms with van der Waals surface area (Å²) < 4.78 is 6.38. The molecule has 0 aromatic heterocycles. The molecule has 0 amide bonds. The topological polar surface area (TPSA) is 15.7 Å². The summed E-state index contributed by atoms with van der Waals surface area (Å²) in [6.45, 7) is 19.9. The molecule has 0 radical (unpaired) electrons. The minimum Gasteiger partial charge on any atom is -0.375 e. The Balaban J connectivity index is 1.29. The zero-order valence-electron chi connectivity index (χ0n) is 19.4. The lowest BCUT2D eigenvalue weighted by Gasteiger charge is -2.43. The van der Waals surface area contributed by atoms with Crippen LogP contribution in [0.3, 0.4) is 0 Å². The zero-order valence-corrected chi connectivity index (χ0v) is 19.4. The largest absolute Gasteiger partial charge is 0.375 e. The van der Waals surface area contributed by atoms with Crippen LogP contribution in [0.15, 0.2) is 0 Å². The van der Waals surface area contributed by atoms with Crippen molar-refractivity contribution in [3.8, 4) is 11.8 Å². The molecule has 2 aliphatic heterocycles. The van der Waals surface area contributed by atoms with Crippen LogP contribution in [0, 0.1) is 29.1 Å². The number of rotatable bonds is 4. The fraction of sp³-hybridized carbons (Fsp3) is 0.920. The van der Waals surface area contributed by atoms with Crippen molar-refractivity contribution in [3.05, 3.63) is 0 Å². The van der Waals surface area contributed by atoms with Gasteiger partial charge in [-0.1, -0.05) is 11.8 Å². The third-order valence-corrected chi connectivity index (χ3v) is 6.75. The van der Waals surface area contributed by atoms with Gasteiger partial charge in [0.05, 0.1) is 12.2 Å². The van der Waals surface area contributed by atoms with Crippen molar-refractivity contribution in [2.75, 3.05) is 32.7 Å². The first kappa shape index (κ1) is 22.1. The van der Waals surface area contributed by atoms with E-state index in [0.29, 0.717) is 23.7 Å². The first-order chi connectivity index (χ1) is 13.1. The van der Waals surface area contributed by atoms with E-state index in [2.05, 4.69) is 63.2 Å². The number of hydrogen-bond donors (Lipinski definition) is 0. The van der Waals surface area contributed by atoms with Gasteiger partial charge in [-0.15, -0.1) is 0 Å². The number of nitrogens with zero attached hydrogens (tertiary/aromatic N) is 2. The molecule has 1 aliphatic carbocycles. The fourth-order valence-electron chi connectivity index (χ4n) is 4.76. The van der Waals surface area contributed by atoms with E-state index in [-0.39, 0.29) is 5.41 Å². The molecule has 0 atom stereocenters. The van der Waals surface area contributed by atoms with Crippen LogP contribution in [0.1, 0.15) is 80.1 Å². The minimum absolute atomic E-state index is 0.127. The highest BCUT2D eigenvalue weighted by Gasteiger charge is 2.33. The number of likely N-dealkylation sites (tertiary alicyclic amines) is 2. The molecule has 3 nitrogen and oxygen atoms in total. The maximum atomic E-state index is 6.38. The van der Waals surface area contributed by atoms with Gasteiger partial charge in [-0.05, 0) is 99.1 Å². The van der Waals surface area contributed by atoms with Crippen LogP contribution in [-0.2, 0) is 4.74 Å². The van der Waals surface area contributed by atoms with Crippen molar-refractivity contribution < 1.29 is 4.74 Å². The molecular weight excluding hydrogens is 344 g/mol. The summed E-state index contributed by atoms with van der Waals surface area (Å²) in [6, 6.07) is 0. The molecule has 0 N–H and O–H groups in total. The van der Waals surface area contributed by atoms with E-state index in [1.54, 1.807) is 0 Å². The van der Waals surface area contributed by atoms with Crippen molar-refractivity contribution in [1.82, 2.24) is 9.80 Å². The predicted octanol–water partition coefficient (Wildman–Crippen LogP) is 4.81. The maximum absolute atomic E-state index is 6.38. The summed E-state index contributed by atoms with van der Waals surface area (Å²) in [6.07, 6.45) is 8.42. The Morgan fingerprint density at radius 1 is 0.821 bits per heavy atom. The summed E-state index contributed by atoms with van der Waals surface area (Å²) in [4.78, 5) is 5.36. The first-order valence-electron chi connectivity index (χ1n) is 11.7. The lowest BCUT2D eigenvalue weighted by Crippen LogP contribution is -2.48. The van der Waals surface area contributed by atoms with E-state index in [4.69, 9.17) is 4.74 Å². The van der Waals surface area contributed by atoms with E-state index in [9.17, 15) is 0 Å². The highest BCUT2D eigenvalue weighted by Crippen LogP contribution is 2.33. The standard InChI is InChI=1S/C25H44N2O/c1-24(2,3)12-7-21-17-23(18-21)28-22-10-13-26(14-11-22)19-20-8-15-27(16-9-20)25(4,5)6/h20-23H,8-11,13-19H2,1-6H3. The molecule has 3 heteroatoms. The Bertz CT molecular complexity index is 540. The van der Waals surface area contributed by atoms with Gasteiger partial charge in [0, 0.05) is 36.5 Å². The summed E-state index contributed by atoms with van der Waals surface area (Å²) >= 11 is 0. The highest BCUT2D eigenvalue weighted by molar-refractivity contribution is 5.13. The second kappa shape index (κ2) is 9.07. The quantitative estimate of drug-likeness (QED) is 0.643. The second-order valence-corrected chi connectivity index (χ2v) is 11.5. The Hall–Kier alpha value is -0.560.